The van der Waals surface area contributed by atoms with E-state index in [1.54, 1.807) is 18.2 Å². The van der Waals surface area contributed by atoms with Crippen molar-refractivity contribution in [2.24, 2.45) is 5.92 Å². The van der Waals surface area contributed by atoms with Gasteiger partial charge in [0.25, 0.3) is 0 Å². The number of nitrogens with one attached hydrogen (secondary N) is 3. The number of carbonyl (C=O) groups is 1. The Kier molecular flexibility index (Phi) is 13.5. The van der Waals surface area contributed by atoms with Gasteiger partial charge >= 0.3 is 0 Å². The number of hydrogen-bond donors (Lipinski definition) is 3. The van der Waals surface area contributed by atoms with Gasteiger partial charge in [0.2, 0.25) is 11.9 Å². The molecule has 1 atom stereocenters. The van der Waals surface area contributed by atoms with Gasteiger partial charge in [0.1, 0.15) is 5.82 Å². The first kappa shape index (κ1) is 31.6. The summed E-state index contributed by atoms with van der Waals surface area (Å²) >= 11 is 12.0. The molecule has 10 heteroatoms. The molecule has 0 saturated carbocycles. The van der Waals surface area contributed by atoms with Gasteiger partial charge in [-0.05, 0) is 60.6 Å². The predicted octanol–water partition coefficient (Wildman–Crippen LogP) is 6.83. The molecule has 8 nitrogen and oxygen atoms in total. The summed E-state index contributed by atoms with van der Waals surface area (Å²) in [6, 6.07) is 16.7. The molecule has 0 radical (unpaired) electrons. The molecule has 4 rings (SSSR count). The van der Waals surface area contributed by atoms with Crippen LogP contribution in [0.2, 0.25) is 10.0 Å². The first-order chi connectivity index (χ1) is 19.3. The van der Waals surface area contributed by atoms with Crippen molar-refractivity contribution in [3.8, 4) is 0 Å². The van der Waals surface area contributed by atoms with E-state index in [-0.39, 0.29) is 25.3 Å². The van der Waals surface area contributed by atoms with Gasteiger partial charge in [0.05, 0.1) is 18.8 Å². The molecule has 1 aliphatic heterocycles. The molecular weight excluding hydrogens is 549 g/mol. The standard InChI is InChI=1S/C26H29Cl2N5O3.C4H10/c27-20-9-7-18(8-10-20)14-30-24(34)16-29-23-13-22(17-36-25-6-1-2-11-35-25)32-26(33-23)31-15-19-4-3-5-21(28)12-19;1-4(2)3/h3-5,7-10,12-13,25H,1-2,6,11,14-17H2,(H,30,34)(H2,29,31,32,33);4H,1-3H3. The third kappa shape index (κ3) is 12.5. The first-order valence-electron chi connectivity index (χ1n) is 13.6. The number of anilines is 2. The molecule has 1 fully saturated rings. The molecule has 2 heterocycles. The van der Waals surface area contributed by atoms with Crippen molar-refractivity contribution < 1.29 is 14.3 Å². The van der Waals surface area contributed by atoms with Crippen molar-refractivity contribution in [1.29, 1.82) is 0 Å². The molecule has 1 aromatic heterocycles. The Bertz CT molecular complexity index is 1190. The lowest BCUT2D eigenvalue weighted by atomic mass is 10.2. The fourth-order valence-corrected chi connectivity index (χ4v) is 3.97. The monoisotopic (exact) mass is 587 g/mol. The fraction of sp³-hybridized carbons (Fsp3) is 0.433. The number of benzene rings is 2. The third-order valence-electron chi connectivity index (χ3n) is 5.51. The van der Waals surface area contributed by atoms with Crippen LogP contribution in [0.3, 0.4) is 0 Å². The maximum atomic E-state index is 12.4. The van der Waals surface area contributed by atoms with Crippen LogP contribution in [0.1, 0.15) is 56.9 Å². The minimum Gasteiger partial charge on any atom is -0.361 e. The lowest BCUT2D eigenvalue weighted by Gasteiger charge is -2.22. The van der Waals surface area contributed by atoms with Crippen LogP contribution in [0.5, 0.6) is 0 Å². The Labute approximate surface area is 247 Å². The highest BCUT2D eigenvalue weighted by molar-refractivity contribution is 6.30. The lowest BCUT2D eigenvalue weighted by Crippen LogP contribution is -2.29. The number of carbonyl (C=O) groups excluding carboxylic acids is 1. The van der Waals surface area contributed by atoms with E-state index in [2.05, 4.69) is 46.7 Å². The van der Waals surface area contributed by atoms with Gasteiger partial charge in [-0.15, -0.1) is 0 Å². The van der Waals surface area contributed by atoms with Crippen LogP contribution < -0.4 is 16.0 Å². The van der Waals surface area contributed by atoms with E-state index >= 15 is 0 Å². The predicted molar refractivity (Wildman–Crippen MR) is 161 cm³/mol. The van der Waals surface area contributed by atoms with E-state index < -0.39 is 0 Å². The number of rotatable bonds is 11. The number of ether oxygens (including phenoxy) is 2. The number of nitrogens with zero attached hydrogens (tertiary/aromatic N) is 2. The summed E-state index contributed by atoms with van der Waals surface area (Å²) in [5, 5.41) is 10.5. The second-order valence-corrected chi connectivity index (χ2v) is 11.0. The Balaban J connectivity index is 0.00000103. The molecule has 1 unspecified atom stereocenters. The minimum absolute atomic E-state index is 0.0599. The molecule has 1 amide bonds. The highest BCUT2D eigenvalue weighted by Crippen LogP contribution is 2.18. The third-order valence-corrected chi connectivity index (χ3v) is 5.99. The average Bonchev–Trinajstić information content (AvgIpc) is 2.94. The Morgan fingerprint density at radius 3 is 2.45 bits per heavy atom. The Morgan fingerprint density at radius 1 is 0.975 bits per heavy atom. The number of amides is 1. The smallest absolute Gasteiger partial charge is 0.239 e. The van der Waals surface area contributed by atoms with Crippen LogP contribution >= 0.6 is 23.2 Å². The van der Waals surface area contributed by atoms with E-state index in [1.807, 2.05) is 36.4 Å². The summed E-state index contributed by atoms with van der Waals surface area (Å²) in [6.07, 6.45) is 2.77. The molecule has 0 spiro atoms. The zero-order valence-corrected chi connectivity index (χ0v) is 24.9. The van der Waals surface area contributed by atoms with Crippen molar-refractivity contribution in [1.82, 2.24) is 15.3 Å². The van der Waals surface area contributed by atoms with Crippen LogP contribution in [-0.2, 0) is 34.0 Å². The van der Waals surface area contributed by atoms with Crippen molar-refractivity contribution in [3.05, 3.63) is 81.5 Å². The summed E-state index contributed by atoms with van der Waals surface area (Å²) in [5.41, 5.74) is 2.64. The van der Waals surface area contributed by atoms with Gasteiger partial charge in [-0.1, -0.05) is 68.2 Å². The van der Waals surface area contributed by atoms with E-state index in [9.17, 15) is 4.79 Å². The van der Waals surface area contributed by atoms with Gasteiger partial charge in [0, 0.05) is 35.8 Å². The molecule has 3 N–H and O–H groups in total. The number of hydrogen-bond acceptors (Lipinski definition) is 7. The normalized spacial score (nSPS) is 14.7. The van der Waals surface area contributed by atoms with Crippen LogP contribution in [-0.4, -0.2) is 35.3 Å². The highest BCUT2D eigenvalue weighted by Gasteiger charge is 2.15. The Morgan fingerprint density at radius 2 is 1.75 bits per heavy atom. The van der Waals surface area contributed by atoms with Gasteiger partial charge < -0.3 is 25.4 Å². The van der Waals surface area contributed by atoms with Gasteiger partial charge in [-0.2, -0.15) is 4.98 Å². The molecular formula is C30H39Cl2N5O3. The van der Waals surface area contributed by atoms with Crippen molar-refractivity contribution in [3.63, 3.8) is 0 Å². The summed E-state index contributed by atoms with van der Waals surface area (Å²) in [5.74, 6) is 1.61. The van der Waals surface area contributed by atoms with Crippen LogP contribution in [0.25, 0.3) is 0 Å². The molecule has 1 aliphatic rings. The fourth-order valence-electron chi connectivity index (χ4n) is 3.63. The molecule has 216 valence electrons. The number of halogens is 2. The molecule has 2 aromatic carbocycles. The van der Waals surface area contributed by atoms with Crippen LogP contribution in [0.4, 0.5) is 11.8 Å². The van der Waals surface area contributed by atoms with E-state index in [0.29, 0.717) is 47.2 Å². The van der Waals surface area contributed by atoms with Gasteiger partial charge in [0.15, 0.2) is 6.29 Å². The molecule has 1 saturated heterocycles. The second kappa shape index (κ2) is 17.0. The first-order valence-corrected chi connectivity index (χ1v) is 14.4. The zero-order chi connectivity index (χ0) is 28.7. The zero-order valence-electron chi connectivity index (χ0n) is 23.4. The average molecular weight is 589 g/mol. The van der Waals surface area contributed by atoms with Crippen LogP contribution in [0.15, 0.2) is 54.6 Å². The molecule has 0 bridgehead atoms. The highest BCUT2D eigenvalue weighted by atomic mass is 35.5. The van der Waals surface area contributed by atoms with E-state index in [0.717, 1.165) is 36.3 Å². The topological polar surface area (TPSA) is 97.4 Å². The molecule has 0 aliphatic carbocycles. The number of aromatic nitrogens is 2. The summed E-state index contributed by atoms with van der Waals surface area (Å²) in [7, 11) is 0. The van der Waals surface area contributed by atoms with Crippen LogP contribution in [0, 0.1) is 5.92 Å². The van der Waals surface area contributed by atoms with Crippen molar-refractivity contribution in [2.75, 3.05) is 23.8 Å². The molecule has 3 aromatic rings. The minimum atomic E-state index is -0.230. The summed E-state index contributed by atoms with van der Waals surface area (Å²) in [6.45, 7) is 8.45. The Hall–Kier alpha value is -2.91. The van der Waals surface area contributed by atoms with Crippen molar-refractivity contribution >= 4 is 40.9 Å². The van der Waals surface area contributed by atoms with E-state index in [1.165, 1.54) is 0 Å². The van der Waals surface area contributed by atoms with Gasteiger partial charge in [-0.25, -0.2) is 4.98 Å². The maximum Gasteiger partial charge on any atom is 0.239 e. The SMILES string of the molecule is CC(C)C.O=C(CNc1cc(COC2CCCCO2)nc(NCc2cccc(Cl)c2)n1)NCc1ccc(Cl)cc1. The summed E-state index contributed by atoms with van der Waals surface area (Å²) < 4.78 is 11.6. The van der Waals surface area contributed by atoms with Crippen molar-refractivity contribution in [2.45, 2.75) is 66.0 Å². The molecule has 40 heavy (non-hydrogen) atoms. The van der Waals surface area contributed by atoms with Gasteiger partial charge in [-0.3, -0.25) is 4.79 Å². The summed E-state index contributed by atoms with van der Waals surface area (Å²) in [4.78, 5) is 21.5. The lowest BCUT2D eigenvalue weighted by molar-refractivity contribution is -0.169. The van der Waals surface area contributed by atoms with E-state index in [4.69, 9.17) is 32.7 Å². The quantitative estimate of drug-likeness (QED) is 0.226. The maximum absolute atomic E-state index is 12.4. The largest absolute Gasteiger partial charge is 0.361 e. The second-order valence-electron chi connectivity index (χ2n) is 10.1.